The first-order valence-corrected chi connectivity index (χ1v) is 14.7. The molecule has 1 fully saturated rings. The van der Waals surface area contributed by atoms with E-state index < -0.39 is 18.3 Å². The number of para-hydroxylation sites is 1. The molecule has 0 radical (unpaired) electrons. The number of ether oxygens (including phenoxy) is 2. The Morgan fingerprint density at radius 2 is 1.76 bits per heavy atom. The zero-order valence-electron chi connectivity index (χ0n) is 26.1. The Labute approximate surface area is 261 Å². The second-order valence-electron chi connectivity index (χ2n) is 11.8. The molecular weight excluding hydrogens is 571 g/mol. The van der Waals surface area contributed by atoms with Crippen LogP contribution in [0.3, 0.4) is 0 Å². The molecule has 5 aromatic rings. The van der Waals surface area contributed by atoms with Crippen molar-refractivity contribution < 1.29 is 18.8 Å². The molecule has 0 aliphatic carbocycles. The number of rotatable bonds is 8. The Morgan fingerprint density at radius 1 is 0.978 bits per heavy atom. The van der Waals surface area contributed by atoms with Crippen LogP contribution < -0.4 is 26.4 Å². The van der Waals surface area contributed by atoms with E-state index in [0.717, 1.165) is 11.1 Å². The Bertz CT molecular complexity index is 1930. The van der Waals surface area contributed by atoms with Gasteiger partial charge in [0.05, 0.1) is 54.5 Å². The molecular formula is C33H35BN6O5. The highest BCUT2D eigenvalue weighted by Gasteiger charge is 2.55. The monoisotopic (exact) mass is 606 g/mol. The van der Waals surface area contributed by atoms with Crippen LogP contribution in [0.4, 0.5) is 0 Å². The van der Waals surface area contributed by atoms with Gasteiger partial charge in [0.2, 0.25) is 11.8 Å². The molecule has 11 nitrogen and oxygen atoms in total. The fourth-order valence-electron chi connectivity index (χ4n) is 5.65. The van der Waals surface area contributed by atoms with Crippen LogP contribution in [0.2, 0.25) is 0 Å². The second-order valence-corrected chi connectivity index (χ2v) is 11.8. The van der Waals surface area contributed by atoms with E-state index >= 15 is 0 Å². The Hall–Kier alpha value is -4.65. The number of benzene rings is 2. The lowest BCUT2D eigenvalue weighted by atomic mass is 9.83. The molecule has 230 valence electrons. The number of nitrogens with zero attached hydrogens (tertiary/aromatic N) is 5. The summed E-state index contributed by atoms with van der Waals surface area (Å²) in [5, 5.41) is 1.27. The fourth-order valence-corrected chi connectivity index (χ4v) is 5.65. The minimum Gasteiger partial charge on any atom is -0.480 e. The minimum absolute atomic E-state index is 0.191. The summed E-state index contributed by atoms with van der Waals surface area (Å²) in [6.45, 7) is 7.74. The normalized spacial score (nSPS) is 18.2. The highest BCUT2D eigenvalue weighted by Crippen LogP contribution is 2.41. The lowest BCUT2D eigenvalue weighted by molar-refractivity contribution is -0.00989. The molecule has 2 N–H and O–H groups in total. The number of hydrogen-bond donors (Lipinski definition) is 1. The topological polar surface area (TPSA) is 136 Å². The number of aromatic nitrogens is 5. The van der Waals surface area contributed by atoms with Gasteiger partial charge in [-0.1, -0.05) is 36.4 Å². The fraction of sp³-hybridized carbons (Fsp3) is 0.303. The quantitative estimate of drug-likeness (QED) is 0.260. The predicted octanol–water partition coefficient (Wildman–Crippen LogP) is 3.80. The van der Waals surface area contributed by atoms with E-state index in [9.17, 15) is 4.79 Å². The molecule has 6 rings (SSSR count). The molecule has 1 aliphatic rings. The summed E-state index contributed by atoms with van der Waals surface area (Å²) >= 11 is 0. The first kappa shape index (κ1) is 30.4. The van der Waals surface area contributed by atoms with Crippen LogP contribution in [0.25, 0.3) is 27.7 Å². The van der Waals surface area contributed by atoms with Crippen molar-refractivity contribution in [1.29, 1.82) is 0 Å². The highest BCUT2D eigenvalue weighted by molar-refractivity contribution is 6.61. The van der Waals surface area contributed by atoms with E-state index in [1.165, 1.54) is 13.3 Å². The summed E-state index contributed by atoms with van der Waals surface area (Å²) in [6, 6.07) is 16.7. The van der Waals surface area contributed by atoms with Crippen molar-refractivity contribution in [3.63, 3.8) is 0 Å². The van der Waals surface area contributed by atoms with E-state index in [2.05, 4.69) is 9.97 Å². The van der Waals surface area contributed by atoms with E-state index in [0.29, 0.717) is 51.8 Å². The summed E-state index contributed by atoms with van der Waals surface area (Å²) < 4.78 is 25.4. The van der Waals surface area contributed by atoms with Crippen LogP contribution in [0.1, 0.15) is 45.1 Å². The highest BCUT2D eigenvalue weighted by atomic mass is 16.7. The average Bonchev–Trinajstić information content (AvgIpc) is 3.28. The maximum atomic E-state index is 14.2. The lowest BCUT2D eigenvalue weighted by Gasteiger charge is -2.36. The molecule has 0 amide bonds. The van der Waals surface area contributed by atoms with Crippen molar-refractivity contribution in [1.82, 2.24) is 24.5 Å². The van der Waals surface area contributed by atoms with Gasteiger partial charge in [-0.3, -0.25) is 19.3 Å². The molecule has 0 spiro atoms. The van der Waals surface area contributed by atoms with E-state index in [1.54, 1.807) is 24.1 Å². The molecule has 2 aromatic carbocycles. The van der Waals surface area contributed by atoms with E-state index in [1.807, 2.05) is 82.3 Å². The molecule has 1 unspecified atom stereocenters. The number of fused-ring (bicyclic) bond motifs is 1. The Morgan fingerprint density at radius 3 is 2.47 bits per heavy atom. The second kappa shape index (κ2) is 11.7. The van der Waals surface area contributed by atoms with Crippen LogP contribution in [0.5, 0.6) is 11.8 Å². The third kappa shape index (κ3) is 5.45. The van der Waals surface area contributed by atoms with Gasteiger partial charge in [-0.15, -0.1) is 0 Å². The van der Waals surface area contributed by atoms with Crippen LogP contribution in [-0.2, 0) is 15.7 Å². The summed E-state index contributed by atoms with van der Waals surface area (Å²) in [4.78, 5) is 32.4. The summed E-state index contributed by atoms with van der Waals surface area (Å²) in [6.07, 6.45) is 5.11. The Kier molecular flexibility index (Phi) is 7.90. The largest absolute Gasteiger partial charge is 0.516 e. The van der Waals surface area contributed by atoms with Gasteiger partial charge >= 0.3 is 7.12 Å². The number of pyridine rings is 1. The molecule has 3 aromatic heterocycles. The number of methoxy groups -OCH3 is 2. The first-order chi connectivity index (χ1) is 21.5. The van der Waals surface area contributed by atoms with Crippen LogP contribution >= 0.6 is 0 Å². The predicted molar refractivity (Wildman–Crippen MR) is 172 cm³/mol. The standard InChI is InChI=1S/C33H35BN6O5/c1-20(35)26-15-21-11-10-14-23(29(21)31(41)40(26)22-12-8-7-9-13-22)25-17-37-24(30(38-25)43-6)16-33(4)32(2,3)44-34(45-33)27-18-36-19-28(39-27)42-5/h7-15,17-20H,16,35H2,1-6H3/t20-,33?/m0/s1. The van der Waals surface area contributed by atoms with Gasteiger partial charge in [-0.25, -0.2) is 9.97 Å². The Balaban J connectivity index is 1.39. The van der Waals surface area contributed by atoms with Gasteiger partial charge in [-0.2, -0.15) is 0 Å². The van der Waals surface area contributed by atoms with Crippen molar-refractivity contribution >= 4 is 23.5 Å². The lowest BCUT2D eigenvalue weighted by Crippen LogP contribution is -2.46. The SMILES string of the molecule is COc1cncc(B2OC(C)(C)C(C)(Cc3ncc(-c4cccc5cc([C@H](C)N)n(-c6ccccc6)c(=O)c45)nc3OC)O2)n1. The molecule has 0 bridgehead atoms. The molecule has 4 heterocycles. The van der Waals surface area contributed by atoms with Gasteiger partial charge in [0.1, 0.15) is 5.69 Å². The van der Waals surface area contributed by atoms with Crippen molar-refractivity contribution in [2.75, 3.05) is 14.2 Å². The molecule has 1 aliphatic heterocycles. The zero-order chi connectivity index (χ0) is 31.9. The van der Waals surface area contributed by atoms with Crippen LogP contribution in [0, 0.1) is 0 Å². The zero-order valence-corrected chi connectivity index (χ0v) is 26.1. The van der Waals surface area contributed by atoms with E-state index in [4.69, 9.17) is 34.5 Å². The third-order valence-electron chi connectivity index (χ3n) is 8.47. The van der Waals surface area contributed by atoms with Gasteiger partial charge in [0, 0.05) is 35.6 Å². The molecule has 0 saturated carbocycles. The average molecular weight is 606 g/mol. The summed E-state index contributed by atoms with van der Waals surface area (Å²) in [5.74, 6) is 0.692. The number of nitrogens with two attached hydrogens (primary N) is 1. The minimum atomic E-state index is -0.829. The van der Waals surface area contributed by atoms with Crippen LogP contribution in [0.15, 0.2) is 78.0 Å². The smallest absolute Gasteiger partial charge is 0.480 e. The van der Waals surface area contributed by atoms with E-state index in [-0.39, 0.29) is 11.6 Å². The van der Waals surface area contributed by atoms with Gasteiger partial charge in [0.15, 0.2) is 0 Å². The van der Waals surface area contributed by atoms with Gasteiger partial charge in [-0.05, 0) is 51.3 Å². The molecule has 2 atom stereocenters. The van der Waals surface area contributed by atoms with Crippen molar-refractivity contribution in [3.05, 3.63) is 94.9 Å². The molecule has 1 saturated heterocycles. The third-order valence-corrected chi connectivity index (χ3v) is 8.47. The number of hydrogen-bond acceptors (Lipinski definition) is 10. The van der Waals surface area contributed by atoms with Gasteiger partial charge in [0.25, 0.3) is 5.56 Å². The molecule has 12 heteroatoms. The van der Waals surface area contributed by atoms with Gasteiger partial charge < -0.3 is 24.5 Å². The maximum Gasteiger partial charge on any atom is 0.516 e. The van der Waals surface area contributed by atoms with Crippen LogP contribution in [-0.4, -0.2) is 57.0 Å². The van der Waals surface area contributed by atoms with Crippen molar-refractivity contribution in [2.24, 2.45) is 5.73 Å². The first-order valence-electron chi connectivity index (χ1n) is 14.7. The summed E-state index contributed by atoms with van der Waals surface area (Å²) in [5.41, 5.74) is 8.26. The molecule has 45 heavy (non-hydrogen) atoms. The maximum absolute atomic E-state index is 14.2. The summed E-state index contributed by atoms with van der Waals surface area (Å²) in [7, 11) is 2.32. The van der Waals surface area contributed by atoms with Crippen molar-refractivity contribution in [2.45, 2.75) is 51.4 Å². The van der Waals surface area contributed by atoms with Crippen molar-refractivity contribution in [3.8, 4) is 28.7 Å².